The molecule has 2 rings (SSSR count). The second kappa shape index (κ2) is 11.6. The fourth-order valence-corrected chi connectivity index (χ4v) is 3.88. The fraction of sp³-hybridized carbons (Fsp3) is 0.625. The molecule has 4 nitrogen and oxygen atoms in total. The number of rotatable bonds is 7. The van der Waals surface area contributed by atoms with Gasteiger partial charge >= 0.3 is 5.97 Å². The van der Waals surface area contributed by atoms with E-state index in [1.54, 1.807) is 13.8 Å². The van der Waals surface area contributed by atoms with Crippen molar-refractivity contribution in [3.63, 3.8) is 0 Å². The van der Waals surface area contributed by atoms with E-state index < -0.39 is 17.2 Å². The molecule has 0 radical (unpaired) electrons. The second-order valence-corrected chi connectivity index (χ2v) is 8.13. The number of halogens is 1. The van der Waals surface area contributed by atoms with Crippen molar-refractivity contribution in [2.75, 3.05) is 19.6 Å². The van der Waals surface area contributed by atoms with Crippen molar-refractivity contribution >= 4 is 18.4 Å². The van der Waals surface area contributed by atoms with Crippen LogP contribution in [-0.2, 0) is 15.1 Å². The molecule has 0 unspecified atom stereocenters. The van der Waals surface area contributed by atoms with Crippen molar-refractivity contribution < 1.29 is 14.6 Å². The summed E-state index contributed by atoms with van der Waals surface area (Å²) in [6, 6.07) is 9.22. The third-order valence-corrected chi connectivity index (χ3v) is 5.66. The molecule has 1 N–H and O–H groups in total. The number of hydrogen-bond donors (Lipinski definition) is 1. The van der Waals surface area contributed by atoms with Gasteiger partial charge in [0.1, 0.15) is 0 Å². The summed E-state index contributed by atoms with van der Waals surface area (Å²) in [5, 5.41) is 11.6. The molecule has 1 fully saturated rings. The number of nitrogens with zero attached hydrogens (tertiary/aromatic N) is 1. The summed E-state index contributed by atoms with van der Waals surface area (Å²) in [6.07, 6.45) is 4.86. The van der Waals surface area contributed by atoms with Crippen LogP contribution in [0.3, 0.4) is 0 Å². The van der Waals surface area contributed by atoms with Crippen LogP contribution >= 0.6 is 12.4 Å². The first-order chi connectivity index (χ1) is 13.3. The van der Waals surface area contributed by atoms with E-state index in [1.165, 1.54) is 0 Å². The van der Waals surface area contributed by atoms with Gasteiger partial charge in [0.15, 0.2) is 11.2 Å². The van der Waals surface area contributed by atoms with E-state index in [9.17, 15) is 9.90 Å². The van der Waals surface area contributed by atoms with Gasteiger partial charge in [-0.15, -0.1) is 12.4 Å². The fourth-order valence-electron chi connectivity index (χ4n) is 3.88. The Balaban J connectivity index is 0.00000420. The molecule has 0 spiro atoms. The molecule has 1 aromatic carbocycles. The van der Waals surface area contributed by atoms with Crippen molar-refractivity contribution in [1.29, 1.82) is 0 Å². The number of aliphatic hydroxyl groups is 1. The summed E-state index contributed by atoms with van der Waals surface area (Å²) in [6.45, 7) is 10.3. The Morgan fingerprint density at radius 2 is 1.72 bits per heavy atom. The van der Waals surface area contributed by atoms with Crippen LogP contribution in [0.15, 0.2) is 30.3 Å². The third kappa shape index (κ3) is 6.74. The minimum Gasteiger partial charge on any atom is -0.444 e. The van der Waals surface area contributed by atoms with Crippen LogP contribution in [0.5, 0.6) is 0 Å². The third-order valence-electron chi connectivity index (χ3n) is 5.66. The van der Waals surface area contributed by atoms with E-state index in [2.05, 4.69) is 30.6 Å². The molecule has 1 atom stereocenters. The zero-order valence-electron chi connectivity index (χ0n) is 18.2. The summed E-state index contributed by atoms with van der Waals surface area (Å²) >= 11 is 0. The highest BCUT2D eigenvalue weighted by atomic mass is 35.5. The topological polar surface area (TPSA) is 49.8 Å². The highest BCUT2D eigenvalue weighted by Crippen LogP contribution is 2.41. The maximum absolute atomic E-state index is 13.2. The summed E-state index contributed by atoms with van der Waals surface area (Å²) in [5.74, 6) is 5.47. The van der Waals surface area contributed by atoms with E-state index in [-0.39, 0.29) is 18.3 Å². The van der Waals surface area contributed by atoms with Crippen molar-refractivity contribution in [1.82, 2.24) is 4.90 Å². The Morgan fingerprint density at radius 3 is 2.28 bits per heavy atom. The Bertz CT molecular complexity index is 685. The van der Waals surface area contributed by atoms with Gasteiger partial charge in [0.05, 0.1) is 6.54 Å². The zero-order chi connectivity index (χ0) is 20.6. The number of benzene rings is 1. The number of esters is 1. The van der Waals surface area contributed by atoms with E-state index in [0.29, 0.717) is 12.1 Å². The molecule has 0 aliphatic heterocycles. The van der Waals surface area contributed by atoms with E-state index in [1.807, 2.05) is 30.3 Å². The lowest BCUT2D eigenvalue weighted by atomic mass is 9.73. The number of ether oxygens (including phenoxy) is 1. The Morgan fingerprint density at radius 1 is 1.14 bits per heavy atom. The van der Waals surface area contributed by atoms with Gasteiger partial charge in [-0.1, -0.05) is 75.3 Å². The molecule has 1 aliphatic rings. The average Bonchev–Trinajstić information content (AvgIpc) is 2.71. The molecule has 1 aliphatic carbocycles. The predicted molar refractivity (Wildman–Crippen MR) is 120 cm³/mol. The van der Waals surface area contributed by atoms with E-state index >= 15 is 0 Å². The first-order valence-corrected chi connectivity index (χ1v) is 10.6. The van der Waals surface area contributed by atoms with Crippen LogP contribution in [0, 0.1) is 17.8 Å². The quantitative estimate of drug-likeness (QED) is 0.518. The highest BCUT2D eigenvalue weighted by molar-refractivity contribution is 5.85. The molecular formula is C24H36ClNO3. The number of carbonyl (C=O) groups excluding carboxylic acids is 1. The molecule has 162 valence electrons. The van der Waals surface area contributed by atoms with Crippen LogP contribution in [0.25, 0.3) is 0 Å². The molecule has 0 heterocycles. The van der Waals surface area contributed by atoms with E-state index in [4.69, 9.17) is 4.74 Å². The van der Waals surface area contributed by atoms with Gasteiger partial charge in [0.25, 0.3) is 0 Å². The monoisotopic (exact) mass is 421 g/mol. The summed E-state index contributed by atoms with van der Waals surface area (Å²) in [5.41, 5.74) is -1.97. The average molecular weight is 422 g/mol. The first-order valence-electron chi connectivity index (χ1n) is 10.6. The lowest BCUT2D eigenvalue weighted by Gasteiger charge is -2.38. The minimum absolute atomic E-state index is 0. The standard InChI is InChI=1S/C24H35NO3.ClH/c1-5-25(6-2)19-13-18-23(3,4)28-22(26)24(27,20-14-9-7-10-15-20)21-16-11-8-12-17-21;/h7,9-10,14-15,21,27H,5-6,8,11-12,16-17,19H2,1-4H3;1H/t24-;/m1./s1. The summed E-state index contributed by atoms with van der Waals surface area (Å²) in [7, 11) is 0. The molecule has 29 heavy (non-hydrogen) atoms. The second-order valence-electron chi connectivity index (χ2n) is 8.13. The van der Waals surface area contributed by atoms with Gasteiger partial charge in [-0.05, 0) is 45.3 Å². The Kier molecular flexibility index (Phi) is 10.2. The van der Waals surface area contributed by atoms with Crippen molar-refractivity contribution in [3.8, 4) is 11.8 Å². The minimum atomic E-state index is -1.63. The number of carbonyl (C=O) groups is 1. The molecule has 0 saturated heterocycles. The predicted octanol–water partition coefficient (Wildman–Crippen LogP) is 4.54. The van der Waals surface area contributed by atoms with Crippen LogP contribution in [0.2, 0.25) is 0 Å². The highest BCUT2D eigenvalue weighted by Gasteiger charge is 2.48. The molecule has 0 bridgehead atoms. The van der Waals surface area contributed by atoms with Gasteiger partial charge in [0, 0.05) is 5.92 Å². The smallest absolute Gasteiger partial charge is 0.344 e. The number of hydrogen-bond acceptors (Lipinski definition) is 4. The van der Waals surface area contributed by atoms with Crippen LogP contribution < -0.4 is 0 Å². The molecule has 0 aromatic heterocycles. The maximum atomic E-state index is 13.2. The Labute approximate surface area is 182 Å². The first kappa shape index (κ1) is 25.5. The largest absolute Gasteiger partial charge is 0.444 e. The van der Waals surface area contributed by atoms with Crippen LogP contribution in [0.4, 0.5) is 0 Å². The lowest BCUT2D eigenvalue weighted by molar-refractivity contribution is -0.184. The Hall–Kier alpha value is -1.54. The van der Waals surface area contributed by atoms with Crippen molar-refractivity contribution in [3.05, 3.63) is 35.9 Å². The molecule has 0 amide bonds. The summed E-state index contributed by atoms with van der Waals surface area (Å²) in [4.78, 5) is 15.4. The van der Waals surface area contributed by atoms with Gasteiger partial charge in [-0.25, -0.2) is 4.79 Å². The van der Waals surface area contributed by atoms with Gasteiger partial charge in [-0.2, -0.15) is 0 Å². The molecule has 1 saturated carbocycles. The normalized spacial score (nSPS) is 16.9. The van der Waals surface area contributed by atoms with Gasteiger partial charge < -0.3 is 9.84 Å². The van der Waals surface area contributed by atoms with E-state index in [0.717, 1.165) is 45.2 Å². The molecular weight excluding hydrogens is 386 g/mol. The van der Waals surface area contributed by atoms with Gasteiger partial charge in [0.2, 0.25) is 0 Å². The summed E-state index contributed by atoms with van der Waals surface area (Å²) < 4.78 is 5.78. The SMILES string of the molecule is CCN(CC)CC#CC(C)(C)OC(=O)[C@@](O)(c1ccccc1)C1CCCCC1.Cl. The molecule has 1 aromatic rings. The lowest BCUT2D eigenvalue weighted by Crippen LogP contribution is -2.47. The van der Waals surface area contributed by atoms with Crippen molar-refractivity contribution in [2.24, 2.45) is 5.92 Å². The van der Waals surface area contributed by atoms with Crippen LogP contribution in [-0.4, -0.2) is 41.2 Å². The molecule has 5 heteroatoms. The van der Waals surface area contributed by atoms with Crippen LogP contribution in [0.1, 0.15) is 65.4 Å². The van der Waals surface area contributed by atoms with Crippen molar-refractivity contribution in [2.45, 2.75) is 71.0 Å². The maximum Gasteiger partial charge on any atom is 0.344 e. The zero-order valence-corrected chi connectivity index (χ0v) is 19.1. The van der Waals surface area contributed by atoms with Gasteiger partial charge in [-0.3, -0.25) is 4.90 Å².